The van der Waals surface area contributed by atoms with Crippen LogP contribution in [0.3, 0.4) is 0 Å². The molecular formula is C57H42N2O. The molecule has 2 aliphatic carbocycles. The lowest BCUT2D eigenvalue weighted by Gasteiger charge is -2.28. The van der Waals surface area contributed by atoms with Crippen molar-refractivity contribution in [2.24, 2.45) is 0 Å². The van der Waals surface area contributed by atoms with Gasteiger partial charge in [-0.05, 0) is 99.6 Å². The molecule has 0 saturated heterocycles. The number of anilines is 3. The predicted octanol–water partition coefficient (Wildman–Crippen LogP) is 15.0. The summed E-state index contributed by atoms with van der Waals surface area (Å²) in [6, 6.07) is 70.6. The highest BCUT2D eigenvalue weighted by Gasteiger charge is 2.41. The maximum atomic E-state index is 7.16. The Hall–Kier alpha value is -7.36. The van der Waals surface area contributed by atoms with E-state index < -0.39 is 0 Å². The number of aromatic nitrogens is 1. The van der Waals surface area contributed by atoms with Crippen LogP contribution in [-0.4, -0.2) is 4.57 Å². The van der Waals surface area contributed by atoms with E-state index in [4.69, 9.17) is 4.74 Å². The zero-order valence-electron chi connectivity index (χ0n) is 33.6. The fourth-order valence-electron chi connectivity index (χ4n) is 10.3. The van der Waals surface area contributed by atoms with Crippen LogP contribution in [0.2, 0.25) is 0 Å². The molecule has 9 aromatic rings. The molecule has 0 saturated carbocycles. The van der Waals surface area contributed by atoms with E-state index in [0.29, 0.717) is 0 Å². The van der Waals surface area contributed by atoms with Gasteiger partial charge in [0.2, 0.25) is 0 Å². The van der Waals surface area contributed by atoms with Gasteiger partial charge >= 0.3 is 0 Å². The van der Waals surface area contributed by atoms with E-state index in [1.165, 1.54) is 61.1 Å². The molecule has 60 heavy (non-hydrogen) atoms. The number of hydrogen-bond donors (Lipinski definition) is 0. The number of para-hydroxylation sites is 3. The van der Waals surface area contributed by atoms with Crippen LogP contribution in [0.15, 0.2) is 200 Å². The van der Waals surface area contributed by atoms with Crippen molar-refractivity contribution in [2.75, 3.05) is 4.90 Å². The van der Waals surface area contributed by atoms with Gasteiger partial charge in [-0.2, -0.15) is 0 Å². The number of nitrogens with zero attached hydrogens (tertiary/aromatic N) is 2. The molecule has 12 rings (SSSR count). The molecule has 2 atom stereocenters. The van der Waals surface area contributed by atoms with Gasteiger partial charge in [0.1, 0.15) is 11.9 Å². The highest BCUT2D eigenvalue weighted by molar-refractivity contribution is 5.93. The van der Waals surface area contributed by atoms with Gasteiger partial charge < -0.3 is 14.2 Å². The standard InChI is InChI=1S/C57H42N2O/c1-57(2)50-22-11-9-18-45(50)46-33-32-43(36-51(46)57)58(41-28-24-38(25-29-41)37-14-5-3-6-15-37)42-30-26-39(27-31-42)44-20-13-21-47-48-34-35-53-54(56(48)60-55(44)47)49-19-10-12-23-52(49)59(53)40-16-7-4-8-17-40/h3-36,48,56H,1-2H3. The number of hydrogen-bond acceptors (Lipinski definition) is 2. The zero-order valence-corrected chi connectivity index (χ0v) is 33.6. The van der Waals surface area contributed by atoms with E-state index in [2.05, 4.69) is 230 Å². The Bertz CT molecular complexity index is 3140. The molecular weight excluding hydrogens is 729 g/mol. The molecule has 8 aromatic carbocycles. The third-order valence-electron chi connectivity index (χ3n) is 13.2. The topological polar surface area (TPSA) is 17.4 Å². The quantitative estimate of drug-likeness (QED) is 0.168. The van der Waals surface area contributed by atoms with Gasteiger partial charge in [0.25, 0.3) is 0 Å². The van der Waals surface area contributed by atoms with Gasteiger partial charge in [-0.3, -0.25) is 0 Å². The first kappa shape index (κ1) is 34.7. The van der Waals surface area contributed by atoms with Crippen LogP contribution in [0.25, 0.3) is 56.0 Å². The minimum Gasteiger partial charge on any atom is -0.484 e. The van der Waals surface area contributed by atoms with Crippen LogP contribution in [0.4, 0.5) is 17.1 Å². The second-order valence-electron chi connectivity index (χ2n) is 16.8. The van der Waals surface area contributed by atoms with E-state index >= 15 is 0 Å². The zero-order chi connectivity index (χ0) is 40.0. The Kier molecular flexibility index (Phi) is 7.71. The molecule has 3 aliphatic rings. The molecule has 0 spiro atoms. The fraction of sp³-hybridized carbons (Fsp3) is 0.0877. The molecule has 0 radical (unpaired) electrons. The van der Waals surface area contributed by atoms with Crippen LogP contribution < -0.4 is 9.64 Å². The Morgan fingerprint density at radius 1 is 0.517 bits per heavy atom. The molecule has 2 heterocycles. The van der Waals surface area contributed by atoms with E-state index in [0.717, 1.165) is 39.6 Å². The number of benzene rings is 8. The Balaban J connectivity index is 0.931. The summed E-state index contributed by atoms with van der Waals surface area (Å²) in [5.41, 5.74) is 19.3. The Morgan fingerprint density at radius 2 is 1.13 bits per heavy atom. The second kappa shape index (κ2) is 13.3. The van der Waals surface area contributed by atoms with Crippen LogP contribution in [0.5, 0.6) is 5.75 Å². The largest absolute Gasteiger partial charge is 0.484 e. The maximum absolute atomic E-state index is 7.16. The summed E-state index contributed by atoms with van der Waals surface area (Å²) < 4.78 is 9.54. The lowest BCUT2D eigenvalue weighted by molar-refractivity contribution is 0.225. The molecule has 0 amide bonds. The third-order valence-corrected chi connectivity index (χ3v) is 13.2. The monoisotopic (exact) mass is 770 g/mol. The summed E-state index contributed by atoms with van der Waals surface area (Å²) in [7, 11) is 0. The molecule has 286 valence electrons. The SMILES string of the molecule is CC1(C)c2ccccc2-c2ccc(N(c3ccc(-c4ccccc4)cc3)c3ccc(-c4cccc5c4OC4c6c(n(-c7ccccc7)c7ccccc67)C=CC54)cc3)cc21. The Morgan fingerprint density at radius 3 is 1.92 bits per heavy atom. The van der Waals surface area contributed by atoms with Crippen LogP contribution in [0, 0.1) is 0 Å². The summed E-state index contributed by atoms with van der Waals surface area (Å²) in [6.45, 7) is 4.70. The lowest BCUT2D eigenvalue weighted by Crippen LogP contribution is -2.16. The highest BCUT2D eigenvalue weighted by atomic mass is 16.5. The molecule has 3 heteroatoms. The predicted molar refractivity (Wildman–Crippen MR) is 248 cm³/mol. The van der Waals surface area contributed by atoms with Crippen LogP contribution >= 0.6 is 0 Å². The molecule has 0 fully saturated rings. The van der Waals surface area contributed by atoms with Crippen molar-refractivity contribution in [2.45, 2.75) is 31.3 Å². The molecule has 2 unspecified atom stereocenters. The van der Waals surface area contributed by atoms with E-state index in [9.17, 15) is 0 Å². The summed E-state index contributed by atoms with van der Waals surface area (Å²) in [5.74, 6) is 1.11. The first-order valence-corrected chi connectivity index (χ1v) is 21.0. The van der Waals surface area contributed by atoms with Crippen molar-refractivity contribution >= 4 is 34.0 Å². The first-order valence-electron chi connectivity index (χ1n) is 21.0. The number of fused-ring (bicyclic) bond motifs is 10. The van der Waals surface area contributed by atoms with Gasteiger partial charge in [-0.25, -0.2) is 0 Å². The van der Waals surface area contributed by atoms with Crippen molar-refractivity contribution in [3.05, 3.63) is 228 Å². The second-order valence-corrected chi connectivity index (χ2v) is 16.8. The molecule has 0 N–H and O–H groups in total. The third kappa shape index (κ3) is 5.22. The first-order chi connectivity index (χ1) is 29.5. The lowest BCUT2D eigenvalue weighted by atomic mass is 9.82. The van der Waals surface area contributed by atoms with Crippen molar-refractivity contribution < 1.29 is 4.74 Å². The number of rotatable bonds is 6. The van der Waals surface area contributed by atoms with Gasteiger partial charge in [-0.15, -0.1) is 0 Å². The van der Waals surface area contributed by atoms with Gasteiger partial charge in [0.15, 0.2) is 0 Å². The van der Waals surface area contributed by atoms with Crippen molar-refractivity contribution in [3.63, 3.8) is 0 Å². The fourth-order valence-corrected chi connectivity index (χ4v) is 10.3. The van der Waals surface area contributed by atoms with Crippen LogP contribution in [0.1, 0.15) is 53.8 Å². The van der Waals surface area contributed by atoms with Gasteiger partial charge in [0, 0.05) is 56.2 Å². The minimum absolute atomic E-state index is 0.105. The Labute approximate surface area is 351 Å². The van der Waals surface area contributed by atoms with Crippen molar-refractivity contribution in [1.29, 1.82) is 0 Å². The summed E-state index contributed by atoms with van der Waals surface area (Å²) in [6.07, 6.45) is 4.55. The summed E-state index contributed by atoms with van der Waals surface area (Å²) >= 11 is 0. The highest BCUT2D eigenvalue weighted by Crippen LogP contribution is 2.56. The maximum Gasteiger partial charge on any atom is 0.137 e. The van der Waals surface area contributed by atoms with Crippen molar-refractivity contribution in [1.82, 2.24) is 4.57 Å². The summed E-state index contributed by atoms with van der Waals surface area (Å²) in [5, 5.41) is 1.24. The molecule has 1 aromatic heterocycles. The normalized spacial score (nSPS) is 16.4. The van der Waals surface area contributed by atoms with Crippen molar-refractivity contribution in [3.8, 4) is 44.8 Å². The van der Waals surface area contributed by atoms with E-state index in [1.54, 1.807) is 0 Å². The van der Waals surface area contributed by atoms with E-state index in [1.807, 2.05) is 0 Å². The molecule has 0 bridgehead atoms. The van der Waals surface area contributed by atoms with Gasteiger partial charge in [0.05, 0.1) is 11.2 Å². The van der Waals surface area contributed by atoms with Crippen LogP contribution in [-0.2, 0) is 5.41 Å². The smallest absolute Gasteiger partial charge is 0.137 e. The summed E-state index contributed by atoms with van der Waals surface area (Å²) in [4.78, 5) is 2.40. The average molecular weight is 771 g/mol. The number of ether oxygens (including phenoxy) is 1. The van der Waals surface area contributed by atoms with E-state index in [-0.39, 0.29) is 17.4 Å². The molecule has 3 nitrogen and oxygen atoms in total. The van der Waals surface area contributed by atoms with Gasteiger partial charge in [-0.1, -0.05) is 159 Å². The minimum atomic E-state index is -0.111. The average Bonchev–Trinajstić information content (AvgIpc) is 3.93. The molecule has 1 aliphatic heterocycles.